The molecule has 0 aliphatic rings. The number of rotatable bonds is 3. The van der Waals surface area contributed by atoms with Crippen LogP contribution in [0.2, 0.25) is 5.02 Å². The Morgan fingerprint density at radius 1 is 1.47 bits per heavy atom. The first-order valence-corrected chi connectivity index (χ1v) is 6.64. The number of aromatic nitrogens is 1. The van der Waals surface area contributed by atoms with E-state index in [0.29, 0.717) is 0 Å². The van der Waals surface area contributed by atoms with Gasteiger partial charge in [0.25, 0.3) is 0 Å². The molecule has 0 aliphatic heterocycles. The van der Waals surface area contributed by atoms with Gasteiger partial charge in [-0.05, 0) is 31.5 Å². The minimum atomic E-state index is -0.444. The molecular weight excluding hydrogens is 254 g/mol. The van der Waals surface area contributed by atoms with Crippen LogP contribution in [0.5, 0.6) is 0 Å². The maximum absolute atomic E-state index is 9.58. The summed E-state index contributed by atoms with van der Waals surface area (Å²) in [5, 5.41) is 11.3. The van der Waals surface area contributed by atoms with Gasteiger partial charge in [0.05, 0.1) is 21.7 Å². The van der Waals surface area contributed by atoms with E-state index >= 15 is 0 Å². The van der Waals surface area contributed by atoms with Crippen molar-refractivity contribution in [3.05, 3.63) is 50.4 Å². The standard InChI is InChI=1S/C13H14ClNOS/c1-8-13(9(2)16)17-12(15-8)7-10-4-3-5-11(14)6-10/h3-6,9,16H,7H2,1-2H3. The van der Waals surface area contributed by atoms with Gasteiger partial charge < -0.3 is 5.11 Å². The highest BCUT2D eigenvalue weighted by Crippen LogP contribution is 2.26. The fourth-order valence-electron chi connectivity index (χ4n) is 1.75. The number of nitrogens with zero attached hydrogens (tertiary/aromatic N) is 1. The van der Waals surface area contributed by atoms with Crippen LogP contribution < -0.4 is 0 Å². The van der Waals surface area contributed by atoms with Crippen LogP contribution in [0, 0.1) is 6.92 Å². The predicted molar refractivity (Wildman–Crippen MR) is 71.7 cm³/mol. The molecule has 2 nitrogen and oxygen atoms in total. The fraction of sp³-hybridized carbons (Fsp3) is 0.308. The van der Waals surface area contributed by atoms with E-state index < -0.39 is 6.10 Å². The number of aryl methyl sites for hydroxylation is 1. The summed E-state index contributed by atoms with van der Waals surface area (Å²) in [7, 11) is 0. The van der Waals surface area contributed by atoms with Crippen molar-refractivity contribution in [1.29, 1.82) is 0 Å². The molecular formula is C13H14ClNOS. The first-order valence-electron chi connectivity index (χ1n) is 5.45. The molecule has 0 amide bonds. The second-order valence-electron chi connectivity index (χ2n) is 4.04. The molecule has 0 radical (unpaired) electrons. The molecule has 90 valence electrons. The summed E-state index contributed by atoms with van der Waals surface area (Å²) >= 11 is 7.51. The molecule has 4 heteroatoms. The zero-order valence-corrected chi connectivity index (χ0v) is 11.3. The third-order valence-electron chi connectivity index (χ3n) is 2.50. The summed E-state index contributed by atoms with van der Waals surface area (Å²) in [5.74, 6) is 0. The molecule has 0 saturated carbocycles. The monoisotopic (exact) mass is 267 g/mol. The number of aliphatic hydroxyl groups excluding tert-OH is 1. The van der Waals surface area contributed by atoms with Gasteiger partial charge in [-0.15, -0.1) is 11.3 Å². The topological polar surface area (TPSA) is 33.1 Å². The van der Waals surface area contributed by atoms with E-state index in [1.165, 1.54) is 0 Å². The zero-order valence-electron chi connectivity index (χ0n) is 9.77. The highest BCUT2D eigenvalue weighted by atomic mass is 35.5. The second-order valence-corrected chi connectivity index (χ2v) is 5.59. The third-order valence-corrected chi connectivity index (χ3v) is 4.06. The Kier molecular flexibility index (Phi) is 3.82. The predicted octanol–water partition coefficient (Wildman–Crippen LogP) is 3.75. The van der Waals surface area contributed by atoms with E-state index in [0.717, 1.165) is 32.6 Å². The van der Waals surface area contributed by atoms with Crippen LogP contribution in [-0.4, -0.2) is 10.1 Å². The zero-order chi connectivity index (χ0) is 12.4. The fourth-order valence-corrected chi connectivity index (χ4v) is 3.00. The van der Waals surface area contributed by atoms with E-state index in [1.807, 2.05) is 31.2 Å². The molecule has 1 heterocycles. The number of hydrogen-bond donors (Lipinski definition) is 1. The minimum Gasteiger partial charge on any atom is -0.388 e. The van der Waals surface area contributed by atoms with Crippen LogP contribution in [0.1, 0.15) is 34.2 Å². The Labute approximate surface area is 110 Å². The molecule has 0 aliphatic carbocycles. The number of halogens is 1. The van der Waals surface area contributed by atoms with E-state index in [9.17, 15) is 5.11 Å². The molecule has 1 aromatic heterocycles. The van der Waals surface area contributed by atoms with E-state index in [4.69, 9.17) is 11.6 Å². The average Bonchev–Trinajstić information content (AvgIpc) is 2.59. The molecule has 2 aromatic rings. The van der Waals surface area contributed by atoms with Crippen molar-refractivity contribution >= 4 is 22.9 Å². The number of aliphatic hydroxyl groups is 1. The van der Waals surface area contributed by atoms with Gasteiger partial charge in [0, 0.05) is 11.4 Å². The van der Waals surface area contributed by atoms with Gasteiger partial charge in [-0.2, -0.15) is 0 Å². The van der Waals surface area contributed by atoms with Crippen molar-refractivity contribution in [3.8, 4) is 0 Å². The summed E-state index contributed by atoms with van der Waals surface area (Å²) < 4.78 is 0. The van der Waals surface area contributed by atoms with Gasteiger partial charge in [-0.1, -0.05) is 23.7 Å². The van der Waals surface area contributed by atoms with Crippen molar-refractivity contribution in [3.63, 3.8) is 0 Å². The van der Waals surface area contributed by atoms with Crippen molar-refractivity contribution in [2.75, 3.05) is 0 Å². The van der Waals surface area contributed by atoms with Gasteiger partial charge >= 0.3 is 0 Å². The quantitative estimate of drug-likeness (QED) is 0.919. The summed E-state index contributed by atoms with van der Waals surface area (Å²) in [4.78, 5) is 5.42. The van der Waals surface area contributed by atoms with E-state index in [2.05, 4.69) is 4.98 Å². The first kappa shape index (κ1) is 12.6. The molecule has 0 spiro atoms. The summed E-state index contributed by atoms with van der Waals surface area (Å²) in [6, 6.07) is 7.78. The number of thiazole rings is 1. The lowest BCUT2D eigenvalue weighted by atomic mass is 10.2. The van der Waals surface area contributed by atoms with Crippen molar-refractivity contribution in [2.24, 2.45) is 0 Å². The lowest BCUT2D eigenvalue weighted by Crippen LogP contribution is -1.89. The van der Waals surface area contributed by atoms with Crippen LogP contribution in [0.15, 0.2) is 24.3 Å². The summed E-state index contributed by atoms with van der Waals surface area (Å²) in [6.07, 6.45) is 0.319. The second kappa shape index (κ2) is 5.17. The Morgan fingerprint density at radius 3 is 2.82 bits per heavy atom. The Balaban J connectivity index is 2.22. The molecule has 2 rings (SSSR count). The third kappa shape index (κ3) is 3.06. The molecule has 1 unspecified atom stereocenters. The number of benzene rings is 1. The molecule has 1 aromatic carbocycles. The lowest BCUT2D eigenvalue weighted by Gasteiger charge is -1.99. The van der Waals surface area contributed by atoms with E-state index in [1.54, 1.807) is 18.3 Å². The first-order chi connectivity index (χ1) is 8.06. The van der Waals surface area contributed by atoms with Crippen LogP contribution in [0.25, 0.3) is 0 Å². The summed E-state index contributed by atoms with van der Waals surface area (Å²) in [5.41, 5.74) is 2.06. The van der Waals surface area contributed by atoms with Gasteiger partial charge in [0.2, 0.25) is 0 Å². The molecule has 1 atom stereocenters. The molecule has 0 bridgehead atoms. The highest BCUT2D eigenvalue weighted by molar-refractivity contribution is 7.11. The Hall–Kier alpha value is -0.900. The van der Waals surface area contributed by atoms with Gasteiger partial charge in [0.1, 0.15) is 0 Å². The normalized spacial score (nSPS) is 12.7. The molecule has 0 fully saturated rings. The maximum atomic E-state index is 9.58. The molecule has 0 saturated heterocycles. The van der Waals surface area contributed by atoms with Crippen LogP contribution in [-0.2, 0) is 6.42 Å². The largest absolute Gasteiger partial charge is 0.388 e. The Bertz CT molecular complexity index is 522. The Morgan fingerprint density at radius 2 is 2.24 bits per heavy atom. The van der Waals surface area contributed by atoms with Gasteiger partial charge in [0.15, 0.2) is 0 Å². The summed E-state index contributed by atoms with van der Waals surface area (Å²) in [6.45, 7) is 3.70. The average molecular weight is 268 g/mol. The van der Waals surface area contributed by atoms with Crippen LogP contribution in [0.3, 0.4) is 0 Å². The highest BCUT2D eigenvalue weighted by Gasteiger charge is 2.12. The van der Waals surface area contributed by atoms with Crippen LogP contribution in [0.4, 0.5) is 0 Å². The molecule has 1 N–H and O–H groups in total. The van der Waals surface area contributed by atoms with Crippen molar-refractivity contribution in [1.82, 2.24) is 4.98 Å². The number of hydrogen-bond acceptors (Lipinski definition) is 3. The van der Waals surface area contributed by atoms with Crippen molar-refractivity contribution in [2.45, 2.75) is 26.4 Å². The lowest BCUT2D eigenvalue weighted by molar-refractivity contribution is 0.202. The van der Waals surface area contributed by atoms with Crippen molar-refractivity contribution < 1.29 is 5.11 Å². The maximum Gasteiger partial charge on any atom is 0.0975 e. The van der Waals surface area contributed by atoms with Gasteiger partial charge in [-0.25, -0.2) is 4.98 Å². The smallest absolute Gasteiger partial charge is 0.0975 e. The minimum absolute atomic E-state index is 0.444. The SMILES string of the molecule is Cc1nc(Cc2cccc(Cl)c2)sc1C(C)O. The molecule has 17 heavy (non-hydrogen) atoms. The van der Waals surface area contributed by atoms with Gasteiger partial charge in [-0.3, -0.25) is 0 Å². The van der Waals surface area contributed by atoms with E-state index in [-0.39, 0.29) is 0 Å². The van der Waals surface area contributed by atoms with Crippen LogP contribution >= 0.6 is 22.9 Å².